The summed E-state index contributed by atoms with van der Waals surface area (Å²) >= 11 is 0. The summed E-state index contributed by atoms with van der Waals surface area (Å²) in [4.78, 5) is 11.6. The van der Waals surface area contributed by atoms with E-state index in [4.69, 9.17) is 0 Å². The van der Waals surface area contributed by atoms with Crippen LogP contribution in [0.4, 0.5) is 0 Å². The Morgan fingerprint density at radius 3 is 2.65 bits per heavy atom. The summed E-state index contributed by atoms with van der Waals surface area (Å²) in [5.41, 5.74) is 0.0566. The Kier molecular flexibility index (Phi) is 4.45. The highest BCUT2D eigenvalue weighted by Crippen LogP contribution is 2.33. The Morgan fingerprint density at radius 2 is 2.05 bits per heavy atom. The van der Waals surface area contributed by atoms with Gasteiger partial charge in [0.1, 0.15) is 0 Å². The molecular weight excluding hydrogens is 278 g/mol. The number of carbonyl (C=O) groups excluding carboxylic acids is 1. The van der Waals surface area contributed by atoms with Crippen molar-refractivity contribution in [1.82, 2.24) is 4.72 Å². The fraction of sp³-hybridized carbons (Fsp3) is 0.500. The van der Waals surface area contributed by atoms with Crippen molar-refractivity contribution < 1.29 is 17.9 Å². The maximum atomic E-state index is 12.4. The predicted molar refractivity (Wildman–Crippen MR) is 74.9 cm³/mol. The molecule has 1 unspecified atom stereocenters. The quantitative estimate of drug-likeness (QED) is 0.814. The number of methoxy groups -OCH3 is 1. The minimum absolute atomic E-state index is 0.0329. The van der Waals surface area contributed by atoms with Crippen LogP contribution in [0.15, 0.2) is 29.2 Å². The van der Waals surface area contributed by atoms with Gasteiger partial charge >= 0.3 is 5.97 Å². The molecule has 6 heteroatoms. The van der Waals surface area contributed by atoms with E-state index in [0.717, 1.165) is 6.42 Å². The molecule has 1 aromatic carbocycles. The number of sulfonamides is 1. The van der Waals surface area contributed by atoms with E-state index in [1.165, 1.54) is 32.1 Å². The molecular formula is C14H19NO4S. The van der Waals surface area contributed by atoms with Crippen LogP contribution >= 0.6 is 0 Å². The van der Waals surface area contributed by atoms with Crippen LogP contribution in [0.25, 0.3) is 0 Å². The molecule has 5 nitrogen and oxygen atoms in total. The number of benzene rings is 1. The number of hydrogen-bond acceptors (Lipinski definition) is 4. The number of ether oxygens (including phenoxy) is 1. The molecule has 0 aliphatic heterocycles. The van der Waals surface area contributed by atoms with Crippen molar-refractivity contribution in [3.05, 3.63) is 29.8 Å². The van der Waals surface area contributed by atoms with E-state index < -0.39 is 16.0 Å². The van der Waals surface area contributed by atoms with E-state index in [0.29, 0.717) is 5.92 Å². The van der Waals surface area contributed by atoms with Crippen LogP contribution in [-0.4, -0.2) is 27.5 Å². The summed E-state index contributed by atoms with van der Waals surface area (Å²) in [6.07, 6.45) is 3.18. The maximum Gasteiger partial charge on any atom is 0.339 e. The zero-order valence-electron chi connectivity index (χ0n) is 11.6. The van der Waals surface area contributed by atoms with Gasteiger partial charge in [0, 0.05) is 6.04 Å². The predicted octanol–water partition coefficient (Wildman–Crippen LogP) is 1.94. The lowest BCUT2D eigenvalue weighted by Gasteiger charge is -2.15. The summed E-state index contributed by atoms with van der Waals surface area (Å²) in [5, 5.41) is 0. The Balaban J connectivity index is 2.21. The lowest BCUT2D eigenvalue weighted by molar-refractivity contribution is 0.0596. The van der Waals surface area contributed by atoms with Crippen LogP contribution in [0.1, 0.15) is 36.5 Å². The Bertz CT molecular complexity index is 593. The van der Waals surface area contributed by atoms with Gasteiger partial charge in [-0.1, -0.05) is 25.0 Å². The number of esters is 1. The molecule has 20 heavy (non-hydrogen) atoms. The first-order valence-corrected chi connectivity index (χ1v) is 8.12. The summed E-state index contributed by atoms with van der Waals surface area (Å²) < 4.78 is 32.0. The van der Waals surface area contributed by atoms with Crippen molar-refractivity contribution in [3.63, 3.8) is 0 Å². The summed E-state index contributed by atoms with van der Waals surface area (Å²) in [6.45, 7) is 1.84. The van der Waals surface area contributed by atoms with Crippen LogP contribution in [0.3, 0.4) is 0 Å². The molecule has 1 saturated carbocycles. The Labute approximate surface area is 119 Å². The van der Waals surface area contributed by atoms with Gasteiger partial charge in [0.15, 0.2) is 0 Å². The zero-order chi connectivity index (χ0) is 14.8. The molecule has 1 N–H and O–H groups in total. The highest BCUT2D eigenvalue weighted by molar-refractivity contribution is 7.89. The SMILES string of the molecule is COC(=O)c1ccccc1S(=O)(=O)NC(C)CC1CC1. The Morgan fingerprint density at radius 1 is 1.40 bits per heavy atom. The van der Waals surface area contributed by atoms with Crippen LogP contribution in [0.2, 0.25) is 0 Å². The summed E-state index contributed by atoms with van der Waals surface area (Å²) in [6, 6.07) is 5.92. The van der Waals surface area contributed by atoms with Crippen molar-refractivity contribution in [2.24, 2.45) is 5.92 Å². The van der Waals surface area contributed by atoms with Gasteiger partial charge in [0.05, 0.1) is 17.6 Å². The van der Waals surface area contributed by atoms with Gasteiger partial charge in [0.25, 0.3) is 0 Å². The van der Waals surface area contributed by atoms with Gasteiger partial charge < -0.3 is 4.74 Å². The number of hydrogen-bond donors (Lipinski definition) is 1. The fourth-order valence-electron chi connectivity index (χ4n) is 2.21. The van der Waals surface area contributed by atoms with Gasteiger partial charge in [-0.05, 0) is 31.4 Å². The van der Waals surface area contributed by atoms with Crippen LogP contribution in [-0.2, 0) is 14.8 Å². The highest BCUT2D eigenvalue weighted by atomic mass is 32.2. The molecule has 1 aliphatic carbocycles. The lowest BCUT2D eigenvalue weighted by Crippen LogP contribution is -2.33. The molecule has 110 valence electrons. The zero-order valence-corrected chi connectivity index (χ0v) is 12.4. The minimum Gasteiger partial charge on any atom is -0.465 e. The summed E-state index contributed by atoms with van der Waals surface area (Å²) in [7, 11) is -2.48. The fourth-order valence-corrected chi connectivity index (χ4v) is 3.66. The van der Waals surface area contributed by atoms with Gasteiger partial charge in [0.2, 0.25) is 10.0 Å². The third-order valence-electron chi connectivity index (χ3n) is 3.32. The lowest BCUT2D eigenvalue weighted by atomic mass is 10.2. The average molecular weight is 297 g/mol. The molecule has 0 amide bonds. The molecule has 0 heterocycles. The molecule has 0 saturated heterocycles. The molecule has 1 atom stereocenters. The normalized spacial score (nSPS) is 16.7. The van der Waals surface area contributed by atoms with Gasteiger partial charge in [-0.3, -0.25) is 0 Å². The monoisotopic (exact) mass is 297 g/mol. The first-order chi connectivity index (χ1) is 9.44. The van der Waals surface area contributed by atoms with E-state index >= 15 is 0 Å². The van der Waals surface area contributed by atoms with E-state index in [1.807, 2.05) is 6.92 Å². The molecule has 0 aromatic heterocycles. The molecule has 0 radical (unpaired) electrons. The van der Waals surface area contributed by atoms with Crippen molar-refractivity contribution in [3.8, 4) is 0 Å². The van der Waals surface area contributed by atoms with E-state index in [9.17, 15) is 13.2 Å². The Hall–Kier alpha value is -1.40. The number of nitrogens with one attached hydrogen (secondary N) is 1. The van der Waals surface area contributed by atoms with Gasteiger partial charge in [-0.15, -0.1) is 0 Å². The third-order valence-corrected chi connectivity index (χ3v) is 4.97. The van der Waals surface area contributed by atoms with Crippen molar-refractivity contribution >= 4 is 16.0 Å². The van der Waals surface area contributed by atoms with E-state index in [1.54, 1.807) is 12.1 Å². The summed E-state index contributed by atoms with van der Waals surface area (Å²) in [5.74, 6) is -0.0237. The first kappa shape index (κ1) is 15.0. The molecule has 0 spiro atoms. The van der Waals surface area contributed by atoms with Crippen LogP contribution < -0.4 is 4.72 Å². The van der Waals surface area contributed by atoms with Crippen molar-refractivity contribution in [2.45, 2.75) is 37.1 Å². The molecule has 0 bridgehead atoms. The molecule has 1 fully saturated rings. The smallest absolute Gasteiger partial charge is 0.339 e. The highest BCUT2D eigenvalue weighted by Gasteiger charge is 2.28. The molecule has 1 aliphatic rings. The minimum atomic E-state index is -3.71. The molecule has 2 rings (SSSR count). The second kappa shape index (κ2) is 5.93. The van der Waals surface area contributed by atoms with Crippen LogP contribution in [0, 0.1) is 5.92 Å². The van der Waals surface area contributed by atoms with Gasteiger partial charge in [-0.2, -0.15) is 0 Å². The van der Waals surface area contributed by atoms with Crippen molar-refractivity contribution in [1.29, 1.82) is 0 Å². The number of carbonyl (C=O) groups is 1. The van der Waals surface area contributed by atoms with E-state index in [2.05, 4.69) is 9.46 Å². The standard InChI is InChI=1S/C14H19NO4S/c1-10(9-11-7-8-11)15-20(17,18)13-6-4-3-5-12(13)14(16)19-2/h3-6,10-11,15H,7-9H2,1-2H3. The first-order valence-electron chi connectivity index (χ1n) is 6.63. The number of rotatable bonds is 6. The van der Waals surface area contributed by atoms with Crippen LogP contribution in [0.5, 0.6) is 0 Å². The second-order valence-electron chi connectivity index (χ2n) is 5.19. The van der Waals surface area contributed by atoms with Crippen molar-refractivity contribution in [2.75, 3.05) is 7.11 Å². The molecule has 1 aromatic rings. The average Bonchev–Trinajstić information content (AvgIpc) is 3.21. The maximum absolute atomic E-state index is 12.4. The largest absolute Gasteiger partial charge is 0.465 e. The second-order valence-corrected chi connectivity index (χ2v) is 6.87. The third kappa shape index (κ3) is 3.58. The van der Waals surface area contributed by atoms with E-state index in [-0.39, 0.29) is 16.5 Å². The van der Waals surface area contributed by atoms with Gasteiger partial charge in [-0.25, -0.2) is 17.9 Å². The topological polar surface area (TPSA) is 72.5 Å².